The van der Waals surface area contributed by atoms with E-state index in [1.54, 1.807) is 13.0 Å². The third kappa shape index (κ3) is 5.13. The van der Waals surface area contributed by atoms with Gasteiger partial charge in [-0.3, -0.25) is 19.3 Å². The number of aryl methyl sites for hydroxylation is 1. The van der Waals surface area contributed by atoms with Crippen LogP contribution in [0.2, 0.25) is 0 Å². The first-order valence-electron chi connectivity index (χ1n) is 9.20. The lowest BCUT2D eigenvalue weighted by molar-refractivity contribution is -0.138. The van der Waals surface area contributed by atoms with Crippen LogP contribution >= 0.6 is 0 Å². The smallest absolute Gasteiger partial charge is 0.335 e. The number of halogens is 3. The summed E-state index contributed by atoms with van der Waals surface area (Å²) in [6, 6.07) is 6.44. The van der Waals surface area contributed by atoms with E-state index in [-0.39, 0.29) is 32.1 Å². The molecule has 0 spiro atoms. The SMILES string of the molecule is Cc1cc(C(=O)N2CCN(C(=O)c3ncccc3C(F)(F)F)CC2)ccc1N[SH](=O)=O. The molecular weight excluding hydrogens is 437 g/mol. The molecule has 0 radical (unpaired) electrons. The normalized spacial score (nSPS) is 14.6. The Kier molecular flexibility index (Phi) is 6.48. The van der Waals surface area contributed by atoms with Gasteiger partial charge in [0.05, 0.1) is 11.3 Å². The van der Waals surface area contributed by atoms with E-state index in [4.69, 9.17) is 0 Å². The van der Waals surface area contributed by atoms with Crippen molar-refractivity contribution in [2.45, 2.75) is 13.1 Å². The van der Waals surface area contributed by atoms with Crippen molar-refractivity contribution in [1.82, 2.24) is 14.8 Å². The van der Waals surface area contributed by atoms with Gasteiger partial charge in [-0.15, -0.1) is 0 Å². The molecule has 0 aliphatic carbocycles. The fourth-order valence-corrected chi connectivity index (χ4v) is 3.72. The molecule has 1 saturated heterocycles. The van der Waals surface area contributed by atoms with Crippen LogP contribution in [0, 0.1) is 6.92 Å². The number of aromatic nitrogens is 1. The third-order valence-electron chi connectivity index (χ3n) is 4.85. The van der Waals surface area contributed by atoms with Gasteiger partial charge < -0.3 is 9.80 Å². The zero-order valence-electron chi connectivity index (χ0n) is 16.3. The molecule has 0 saturated carbocycles. The number of alkyl halides is 3. The molecule has 1 aromatic carbocycles. The van der Waals surface area contributed by atoms with Crippen molar-refractivity contribution < 1.29 is 31.2 Å². The summed E-state index contributed by atoms with van der Waals surface area (Å²) in [6.07, 6.45) is -3.57. The lowest BCUT2D eigenvalue weighted by Crippen LogP contribution is -2.51. The van der Waals surface area contributed by atoms with E-state index in [2.05, 4.69) is 9.71 Å². The molecule has 0 atom stereocenters. The maximum atomic E-state index is 13.2. The third-order valence-corrected chi connectivity index (χ3v) is 5.28. The summed E-state index contributed by atoms with van der Waals surface area (Å²) < 4.78 is 63.4. The van der Waals surface area contributed by atoms with Gasteiger partial charge >= 0.3 is 6.18 Å². The summed E-state index contributed by atoms with van der Waals surface area (Å²) in [7, 11) is -2.83. The van der Waals surface area contributed by atoms with Gasteiger partial charge in [0, 0.05) is 37.9 Å². The first-order valence-corrected chi connectivity index (χ1v) is 10.4. The molecule has 166 valence electrons. The molecule has 1 aliphatic heterocycles. The van der Waals surface area contributed by atoms with Gasteiger partial charge in [0.15, 0.2) is 0 Å². The van der Waals surface area contributed by atoms with Gasteiger partial charge in [0.1, 0.15) is 5.69 Å². The summed E-state index contributed by atoms with van der Waals surface area (Å²) in [4.78, 5) is 31.7. The minimum absolute atomic E-state index is 0.0632. The number of piperazine rings is 1. The maximum absolute atomic E-state index is 13.2. The van der Waals surface area contributed by atoms with Crippen LogP contribution in [0.3, 0.4) is 0 Å². The van der Waals surface area contributed by atoms with Gasteiger partial charge in [-0.1, -0.05) is 0 Å². The summed E-state index contributed by atoms with van der Waals surface area (Å²) in [6.45, 7) is 2.07. The van der Waals surface area contributed by atoms with Crippen LogP contribution in [0.25, 0.3) is 0 Å². The average Bonchev–Trinajstić information content (AvgIpc) is 2.73. The number of carbonyl (C=O) groups is 2. The second-order valence-electron chi connectivity index (χ2n) is 6.88. The van der Waals surface area contributed by atoms with Gasteiger partial charge in [0.2, 0.25) is 10.9 Å². The fourth-order valence-electron chi connectivity index (χ4n) is 3.27. The highest BCUT2D eigenvalue weighted by Gasteiger charge is 2.37. The maximum Gasteiger partial charge on any atom is 0.418 e. The van der Waals surface area contributed by atoms with E-state index in [0.717, 1.165) is 18.3 Å². The van der Waals surface area contributed by atoms with Crippen molar-refractivity contribution in [2.24, 2.45) is 0 Å². The van der Waals surface area contributed by atoms with Gasteiger partial charge in [-0.25, -0.2) is 8.42 Å². The number of pyridine rings is 1. The van der Waals surface area contributed by atoms with Crippen molar-refractivity contribution in [3.05, 3.63) is 58.9 Å². The number of benzene rings is 1. The van der Waals surface area contributed by atoms with Crippen molar-refractivity contribution in [1.29, 1.82) is 0 Å². The summed E-state index contributed by atoms with van der Waals surface area (Å²) in [5.41, 5.74) is -0.492. The highest BCUT2D eigenvalue weighted by Crippen LogP contribution is 2.31. The molecule has 12 heteroatoms. The molecule has 0 bridgehead atoms. The van der Waals surface area contributed by atoms with E-state index < -0.39 is 34.2 Å². The Morgan fingerprint density at radius 3 is 2.19 bits per heavy atom. The highest BCUT2D eigenvalue weighted by molar-refractivity contribution is 7.73. The molecule has 1 N–H and O–H groups in total. The van der Waals surface area contributed by atoms with Crippen molar-refractivity contribution in [3.8, 4) is 0 Å². The molecule has 0 unspecified atom stereocenters. The number of nitrogens with one attached hydrogen (secondary N) is 1. The quantitative estimate of drug-likeness (QED) is 0.686. The van der Waals surface area contributed by atoms with Gasteiger partial charge in [-0.2, -0.15) is 13.2 Å². The second kappa shape index (κ2) is 8.92. The predicted molar refractivity (Wildman–Crippen MR) is 106 cm³/mol. The standard InChI is InChI=1S/C19H19F3N4O4S/c1-12-11-13(4-5-15(12)24-31(29)30)17(27)25-7-9-26(10-8-25)18(28)16-14(19(20,21)22)3-2-6-23-16/h2-6,11,31H,7-10H2,1H3,(H,24,29,30). The van der Waals surface area contributed by atoms with E-state index in [9.17, 15) is 31.2 Å². The Morgan fingerprint density at radius 1 is 1.03 bits per heavy atom. The summed E-state index contributed by atoms with van der Waals surface area (Å²) in [5.74, 6) is -1.15. The van der Waals surface area contributed by atoms with E-state index in [0.29, 0.717) is 16.8 Å². The molecular formula is C19H19F3N4O4S. The Balaban J connectivity index is 1.68. The van der Waals surface area contributed by atoms with Crippen molar-refractivity contribution in [2.75, 3.05) is 30.9 Å². The highest BCUT2D eigenvalue weighted by atomic mass is 32.2. The van der Waals surface area contributed by atoms with Crippen LogP contribution in [-0.2, 0) is 17.1 Å². The Morgan fingerprint density at radius 2 is 1.65 bits per heavy atom. The first kappa shape index (κ1) is 22.5. The van der Waals surface area contributed by atoms with Crippen LogP contribution in [0.5, 0.6) is 0 Å². The van der Waals surface area contributed by atoms with Crippen LogP contribution in [0.15, 0.2) is 36.5 Å². The molecule has 1 aromatic heterocycles. The van der Waals surface area contributed by atoms with Gasteiger partial charge in [-0.05, 0) is 42.8 Å². The summed E-state index contributed by atoms with van der Waals surface area (Å²) >= 11 is 0. The average molecular weight is 456 g/mol. The van der Waals surface area contributed by atoms with Crippen molar-refractivity contribution in [3.63, 3.8) is 0 Å². The van der Waals surface area contributed by atoms with Crippen LogP contribution < -0.4 is 4.72 Å². The first-order chi connectivity index (χ1) is 14.6. The molecule has 31 heavy (non-hydrogen) atoms. The minimum atomic E-state index is -4.70. The Labute approximate surface area is 177 Å². The topological polar surface area (TPSA) is 99.7 Å². The number of amides is 2. The second-order valence-corrected chi connectivity index (χ2v) is 7.62. The number of nitrogens with zero attached hydrogens (tertiary/aromatic N) is 3. The lowest BCUT2D eigenvalue weighted by atomic mass is 10.1. The molecule has 2 amide bonds. The Hall–Kier alpha value is -3.15. The zero-order chi connectivity index (χ0) is 22.8. The van der Waals surface area contributed by atoms with Crippen LogP contribution in [0.1, 0.15) is 32.0 Å². The monoisotopic (exact) mass is 456 g/mol. The number of thiol groups is 1. The molecule has 1 fully saturated rings. The molecule has 1 aliphatic rings. The lowest BCUT2D eigenvalue weighted by Gasteiger charge is -2.35. The number of hydrogen-bond acceptors (Lipinski definition) is 5. The van der Waals surface area contributed by atoms with E-state index in [1.165, 1.54) is 21.9 Å². The molecule has 3 rings (SSSR count). The molecule has 2 aromatic rings. The number of hydrogen-bond donors (Lipinski definition) is 2. The Bertz CT molecular complexity index is 1070. The fraction of sp³-hybridized carbons (Fsp3) is 0.316. The minimum Gasteiger partial charge on any atom is -0.335 e. The van der Waals surface area contributed by atoms with Crippen LogP contribution in [0.4, 0.5) is 18.9 Å². The largest absolute Gasteiger partial charge is 0.418 e. The van der Waals surface area contributed by atoms with Gasteiger partial charge in [0.25, 0.3) is 11.8 Å². The van der Waals surface area contributed by atoms with E-state index >= 15 is 0 Å². The number of carbonyl (C=O) groups excluding carboxylic acids is 2. The predicted octanol–water partition coefficient (Wildman–Crippen LogP) is 1.95. The van der Waals surface area contributed by atoms with Crippen LogP contribution in [-0.4, -0.2) is 61.2 Å². The molecule has 8 nitrogen and oxygen atoms in total. The zero-order valence-corrected chi connectivity index (χ0v) is 17.2. The number of anilines is 1. The number of rotatable bonds is 4. The van der Waals surface area contributed by atoms with Crippen molar-refractivity contribution >= 4 is 28.4 Å². The summed E-state index contributed by atoms with van der Waals surface area (Å²) in [5, 5.41) is 0. The molecule has 2 heterocycles. The van der Waals surface area contributed by atoms with E-state index in [1.807, 2.05) is 0 Å².